The van der Waals surface area contributed by atoms with Gasteiger partial charge in [0.15, 0.2) is 0 Å². The predicted octanol–water partition coefficient (Wildman–Crippen LogP) is 2.66. The number of thiazole rings is 1. The highest BCUT2D eigenvalue weighted by molar-refractivity contribution is 7.99. The summed E-state index contributed by atoms with van der Waals surface area (Å²) < 4.78 is 0. The first-order valence-corrected chi connectivity index (χ1v) is 6.61. The Bertz CT molecular complexity index is 272. The van der Waals surface area contributed by atoms with Gasteiger partial charge in [-0.05, 0) is 20.5 Å². The third-order valence-electron chi connectivity index (χ3n) is 1.67. The van der Waals surface area contributed by atoms with Gasteiger partial charge in [-0.1, -0.05) is 0 Å². The Labute approximate surface area is 130 Å². The molecule has 0 radical (unpaired) electrons. The van der Waals surface area contributed by atoms with E-state index in [-0.39, 0.29) is 37.2 Å². The minimum atomic E-state index is 0. The van der Waals surface area contributed by atoms with Crippen LogP contribution in [0, 0.1) is 0 Å². The van der Waals surface area contributed by atoms with Gasteiger partial charge in [-0.3, -0.25) is 0 Å². The number of nitrogens with two attached hydrogens (primary N) is 1. The molecule has 0 aliphatic heterocycles. The summed E-state index contributed by atoms with van der Waals surface area (Å²) in [5.74, 6) is 1.77. The van der Waals surface area contributed by atoms with E-state index < -0.39 is 0 Å². The summed E-state index contributed by atoms with van der Waals surface area (Å²) in [5, 5.41) is 3.35. The Morgan fingerprint density at radius 1 is 1.35 bits per heavy atom. The molecule has 0 saturated heterocycles. The van der Waals surface area contributed by atoms with Crippen LogP contribution < -0.4 is 5.73 Å². The van der Waals surface area contributed by atoms with Crippen LogP contribution in [-0.4, -0.2) is 35.6 Å². The van der Waals surface area contributed by atoms with Crippen LogP contribution in [0.2, 0.25) is 0 Å². The third-order valence-corrected chi connectivity index (χ3v) is 3.28. The lowest BCUT2D eigenvalue weighted by Gasteiger charge is -2.04. The Hall–Kier alpha value is 0.770. The molecule has 1 aromatic heterocycles. The second-order valence-corrected chi connectivity index (χ2v) is 5.39. The summed E-state index contributed by atoms with van der Waals surface area (Å²) in [5.41, 5.74) is 6.60. The highest BCUT2D eigenvalue weighted by Crippen LogP contribution is 2.13. The minimum Gasteiger partial charge on any atom is -0.322 e. The fraction of sp³-hybridized carbons (Fsp3) is 0.667. The van der Waals surface area contributed by atoms with Gasteiger partial charge in [0.1, 0.15) is 5.01 Å². The Kier molecular flexibility index (Phi) is 17.8. The number of halogens is 3. The Balaban J connectivity index is -0.000000653. The van der Waals surface area contributed by atoms with Crippen LogP contribution in [0.25, 0.3) is 0 Å². The van der Waals surface area contributed by atoms with Crippen molar-refractivity contribution < 1.29 is 0 Å². The molecular weight excluding hydrogens is 321 g/mol. The molecule has 3 nitrogen and oxygen atoms in total. The van der Waals surface area contributed by atoms with E-state index in [1.807, 2.05) is 0 Å². The van der Waals surface area contributed by atoms with Gasteiger partial charge in [0.05, 0.1) is 5.69 Å². The lowest BCUT2D eigenvalue weighted by Crippen LogP contribution is -2.10. The van der Waals surface area contributed by atoms with E-state index in [9.17, 15) is 0 Å². The Morgan fingerprint density at radius 2 is 2.00 bits per heavy atom. The quantitative estimate of drug-likeness (QED) is 0.638. The van der Waals surface area contributed by atoms with E-state index in [1.165, 1.54) is 10.7 Å². The number of aryl methyl sites for hydroxylation is 1. The van der Waals surface area contributed by atoms with Crippen LogP contribution >= 0.6 is 60.3 Å². The molecular formula is C9H20Cl3N3S2. The average Bonchev–Trinajstić information content (AvgIpc) is 2.52. The van der Waals surface area contributed by atoms with E-state index in [0.717, 1.165) is 18.7 Å². The van der Waals surface area contributed by atoms with Crippen molar-refractivity contribution in [2.75, 3.05) is 25.7 Å². The molecule has 0 aromatic carbocycles. The predicted molar refractivity (Wildman–Crippen MR) is 86.5 cm³/mol. The van der Waals surface area contributed by atoms with Crippen LogP contribution in [0.1, 0.15) is 10.7 Å². The first-order valence-electron chi connectivity index (χ1n) is 4.58. The van der Waals surface area contributed by atoms with Gasteiger partial charge in [-0.2, -0.15) is 0 Å². The lowest BCUT2D eigenvalue weighted by atomic mass is 10.4. The maximum Gasteiger partial charge on any atom is 0.107 e. The number of aromatic nitrogens is 1. The molecule has 0 spiro atoms. The number of rotatable bonds is 6. The zero-order valence-electron chi connectivity index (χ0n) is 9.92. The molecule has 1 heterocycles. The van der Waals surface area contributed by atoms with E-state index in [0.29, 0.717) is 5.88 Å². The van der Waals surface area contributed by atoms with Crippen molar-refractivity contribution in [3.63, 3.8) is 0 Å². The number of nitrogens with zero attached hydrogens (tertiary/aromatic N) is 2. The zero-order chi connectivity index (χ0) is 10.4. The zero-order valence-corrected chi connectivity index (χ0v) is 14.0. The van der Waals surface area contributed by atoms with E-state index in [4.69, 9.17) is 5.73 Å². The second-order valence-electron chi connectivity index (χ2n) is 3.30. The van der Waals surface area contributed by atoms with E-state index in [2.05, 4.69) is 29.4 Å². The molecule has 0 aliphatic carbocycles. The summed E-state index contributed by atoms with van der Waals surface area (Å²) >= 11 is 3.50. The van der Waals surface area contributed by atoms with Gasteiger partial charge in [0, 0.05) is 23.6 Å². The maximum atomic E-state index is 5.40. The fourth-order valence-electron chi connectivity index (χ4n) is 1.07. The van der Waals surface area contributed by atoms with Crippen molar-refractivity contribution in [3.05, 3.63) is 16.1 Å². The van der Waals surface area contributed by atoms with Crippen LogP contribution in [0.4, 0.5) is 0 Å². The average molecular weight is 341 g/mol. The first-order chi connectivity index (χ1) is 6.72. The topological polar surface area (TPSA) is 42.2 Å². The van der Waals surface area contributed by atoms with Gasteiger partial charge in [-0.25, -0.2) is 4.98 Å². The number of hydrogen-bond donors (Lipinski definition) is 1. The highest BCUT2D eigenvalue weighted by atomic mass is 35.5. The molecule has 1 rings (SSSR count). The largest absolute Gasteiger partial charge is 0.322 e. The van der Waals surface area contributed by atoms with Crippen molar-refractivity contribution >= 4 is 60.3 Å². The van der Waals surface area contributed by atoms with Gasteiger partial charge < -0.3 is 10.6 Å². The van der Waals surface area contributed by atoms with Crippen LogP contribution in [0.5, 0.6) is 0 Å². The number of hydrogen-bond acceptors (Lipinski definition) is 5. The standard InChI is InChI=1S/C9H17N3S2.3ClH/c1-12(2)5-9-11-8(6-14-9)3-4-13-7-10;;;/h6H,3-5,7,10H2,1-2H3;3*1H. The molecule has 0 aliphatic rings. The van der Waals surface area contributed by atoms with Gasteiger partial charge in [0.2, 0.25) is 0 Å². The summed E-state index contributed by atoms with van der Waals surface area (Å²) in [7, 11) is 4.12. The maximum absolute atomic E-state index is 5.40. The van der Waals surface area contributed by atoms with Crippen molar-refractivity contribution in [1.29, 1.82) is 0 Å². The molecule has 0 bridgehead atoms. The Morgan fingerprint density at radius 3 is 2.53 bits per heavy atom. The van der Waals surface area contributed by atoms with Crippen molar-refractivity contribution in [1.82, 2.24) is 9.88 Å². The summed E-state index contributed by atoms with van der Waals surface area (Å²) in [6, 6.07) is 0. The van der Waals surface area contributed by atoms with Gasteiger partial charge >= 0.3 is 0 Å². The van der Waals surface area contributed by atoms with Crippen molar-refractivity contribution in [3.8, 4) is 0 Å². The smallest absolute Gasteiger partial charge is 0.107 e. The van der Waals surface area contributed by atoms with Crippen LogP contribution in [0.3, 0.4) is 0 Å². The molecule has 0 saturated carbocycles. The minimum absolute atomic E-state index is 0. The summed E-state index contributed by atoms with van der Waals surface area (Å²) in [4.78, 5) is 6.68. The molecule has 17 heavy (non-hydrogen) atoms. The molecule has 8 heteroatoms. The molecule has 2 N–H and O–H groups in total. The molecule has 104 valence electrons. The molecule has 1 aromatic rings. The summed E-state index contributed by atoms with van der Waals surface area (Å²) in [6.07, 6.45) is 1.03. The molecule has 0 amide bonds. The highest BCUT2D eigenvalue weighted by Gasteiger charge is 2.02. The molecule has 0 unspecified atom stereocenters. The van der Waals surface area contributed by atoms with E-state index in [1.54, 1.807) is 23.1 Å². The molecule has 0 fully saturated rings. The molecule has 0 atom stereocenters. The van der Waals surface area contributed by atoms with Crippen LogP contribution in [-0.2, 0) is 13.0 Å². The summed E-state index contributed by atoms with van der Waals surface area (Å²) in [6.45, 7) is 0.939. The van der Waals surface area contributed by atoms with Crippen LogP contribution in [0.15, 0.2) is 5.38 Å². The van der Waals surface area contributed by atoms with Gasteiger partial charge in [0.25, 0.3) is 0 Å². The second kappa shape index (κ2) is 13.2. The third kappa shape index (κ3) is 10.4. The van der Waals surface area contributed by atoms with Crippen molar-refractivity contribution in [2.45, 2.75) is 13.0 Å². The fourth-order valence-corrected chi connectivity index (χ4v) is 2.53. The first kappa shape index (κ1) is 22.9. The van der Waals surface area contributed by atoms with E-state index >= 15 is 0 Å². The monoisotopic (exact) mass is 339 g/mol. The van der Waals surface area contributed by atoms with Gasteiger partial charge in [-0.15, -0.1) is 60.3 Å². The number of thioether (sulfide) groups is 1. The normalized spacial score (nSPS) is 9.18. The SMILES string of the molecule is CN(C)Cc1nc(CCSCN)cs1.Cl.Cl.Cl. The van der Waals surface area contributed by atoms with Crippen molar-refractivity contribution in [2.24, 2.45) is 5.73 Å². The lowest BCUT2D eigenvalue weighted by molar-refractivity contribution is 0.401.